The Balaban J connectivity index is 2.52. The summed E-state index contributed by atoms with van der Waals surface area (Å²) < 4.78 is 0. The Labute approximate surface area is 132 Å². The standard InChI is InChI=1S/C16H25N3OS/c1-11(2)19(12(3)4)10-9-18-16(20)14-7-5-13(6-8-14)15(17)21/h5-8,11-12H,9-10H2,1-4H3,(H2,17,21)(H,18,20). The predicted molar refractivity (Wildman–Crippen MR) is 91.6 cm³/mol. The van der Waals surface area contributed by atoms with Gasteiger partial charge in [-0.3, -0.25) is 9.69 Å². The van der Waals surface area contributed by atoms with E-state index in [0.717, 1.165) is 12.1 Å². The molecule has 3 N–H and O–H groups in total. The van der Waals surface area contributed by atoms with E-state index in [1.54, 1.807) is 24.3 Å². The summed E-state index contributed by atoms with van der Waals surface area (Å²) in [4.78, 5) is 14.7. The lowest BCUT2D eigenvalue weighted by molar-refractivity contribution is 0.0939. The molecule has 0 aromatic heterocycles. The SMILES string of the molecule is CC(C)N(CCNC(=O)c1ccc(C(N)=S)cc1)C(C)C. The molecule has 1 rings (SSSR count). The lowest BCUT2D eigenvalue weighted by atomic mass is 10.1. The first-order chi connectivity index (χ1) is 9.82. The summed E-state index contributed by atoms with van der Waals surface area (Å²) in [6.45, 7) is 10.1. The van der Waals surface area contributed by atoms with Crippen molar-refractivity contribution in [1.82, 2.24) is 10.2 Å². The zero-order chi connectivity index (χ0) is 16.0. The number of hydrogen-bond donors (Lipinski definition) is 2. The second-order valence-corrected chi connectivity index (χ2v) is 6.06. The number of nitrogens with zero attached hydrogens (tertiary/aromatic N) is 1. The summed E-state index contributed by atoms with van der Waals surface area (Å²) in [6.07, 6.45) is 0. The molecule has 0 fully saturated rings. The second-order valence-electron chi connectivity index (χ2n) is 5.62. The number of nitrogens with one attached hydrogen (secondary N) is 1. The summed E-state index contributed by atoms with van der Waals surface area (Å²) in [5.41, 5.74) is 6.93. The van der Waals surface area contributed by atoms with E-state index in [0.29, 0.717) is 29.2 Å². The summed E-state index contributed by atoms with van der Waals surface area (Å²) >= 11 is 4.89. The topological polar surface area (TPSA) is 58.4 Å². The number of nitrogens with two attached hydrogens (primary N) is 1. The second kappa shape index (κ2) is 8.10. The Bertz CT molecular complexity index is 475. The third-order valence-electron chi connectivity index (χ3n) is 3.41. The molecule has 0 spiro atoms. The Morgan fingerprint density at radius 2 is 1.62 bits per heavy atom. The average molecular weight is 307 g/mol. The molecule has 5 heteroatoms. The Hall–Kier alpha value is -1.46. The van der Waals surface area contributed by atoms with Gasteiger partial charge in [0.05, 0.1) is 0 Å². The summed E-state index contributed by atoms with van der Waals surface area (Å²) in [5.74, 6) is -0.0723. The van der Waals surface area contributed by atoms with Gasteiger partial charge in [0, 0.05) is 36.3 Å². The van der Waals surface area contributed by atoms with E-state index in [4.69, 9.17) is 18.0 Å². The molecule has 0 atom stereocenters. The molecule has 0 heterocycles. The van der Waals surface area contributed by atoms with Crippen molar-refractivity contribution in [3.8, 4) is 0 Å². The van der Waals surface area contributed by atoms with Gasteiger partial charge in [0.15, 0.2) is 0 Å². The van der Waals surface area contributed by atoms with Crippen molar-refractivity contribution in [3.63, 3.8) is 0 Å². The first-order valence-corrected chi connectivity index (χ1v) is 7.67. The highest BCUT2D eigenvalue weighted by Crippen LogP contribution is 2.05. The molecule has 0 saturated heterocycles. The molecule has 0 bridgehead atoms. The number of carbonyl (C=O) groups excluding carboxylic acids is 1. The van der Waals surface area contributed by atoms with Crippen LogP contribution in [0.1, 0.15) is 43.6 Å². The fourth-order valence-corrected chi connectivity index (χ4v) is 2.44. The quantitative estimate of drug-likeness (QED) is 0.758. The largest absolute Gasteiger partial charge is 0.389 e. The van der Waals surface area contributed by atoms with Crippen LogP contribution in [0.25, 0.3) is 0 Å². The van der Waals surface area contributed by atoms with E-state index < -0.39 is 0 Å². The van der Waals surface area contributed by atoms with Crippen molar-refractivity contribution >= 4 is 23.1 Å². The normalized spacial score (nSPS) is 11.2. The molecule has 0 aliphatic carbocycles. The van der Waals surface area contributed by atoms with Crippen molar-refractivity contribution in [2.24, 2.45) is 5.73 Å². The maximum atomic E-state index is 12.1. The van der Waals surface area contributed by atoms with Crippen molar-refractivity contribution in [3.05, 3.63) is 35.4 Å². The van der Waals surface area contributed by atoms with E-state index >= 15 is 0 Å². The molecule has 1 aromatic rings. The van der Waals surface area contributed by atoms with E-state index in [2.05, 4.69) is 37.9 Å². The van der Waals surface area contributed by atoms with Crippen LogP contribution >= 0.6 is 12.2 Å². The minimum atomic E-state index is -0.0723. The lowest BCUT2D eigenvalue weighted by Gasteiger charge is -2.30. The molecule has 1 amide bonds. The van der Waals surface area contributed by atoms with Crippen LogP contribution in [0.4, 0.5) is 0 Å². The van der Waals surface area contributed by atoms with Crippen LogP contribution in [0, 0.1) is 0 Å². The fourth-order valence-electron chi connectivity index (χ4n) is 2.30. The molecular formula is C16H25N3OS. The minimum Gasteiger partial charge on any atom is -0.389 e. The van der Waals surface area contributed by atoms with Gasteiger partial charge >= 0.3 is 0 Å². The van der Waals surface area contributed by atoms with Crippen LogP contribution in [-0.4, -0.2) is 41.0 Å². The number of carbonyl (C=O) groups is 1. The fraction of sp³-hybridized carbons (Fsp3) is 0.500. The maximum absolute atomic E-state index is 12.1. The van der Waals surface area contributed by atoms with Gasteiger partial charge in [-0.1, -0.05) is 24.4 Å². The van der Waals surface area contributed by atoms with E-state index in [1.807, 2.05) is 0 Å². The zero-order valence-electron chi connectivity index (χ0n) is 13.2. The number of rotatable bonds is 7. The molecule has 0 radical (unpaired) electrons. The molecular weight excluding hydrogens is 282 g/mol. The zero-order valence-corrected chi connectivity index (χ0v) is 14.0. The van der Waals surface area contributed by atoms with Crippen molar-refractivity contribution in [2.45, 2.75) is 39.8 Å². The summed E-state index contributed by atoms with van der Waals surface area (Å²) in [5, 5.41) is 2.94. The monoisotopic (exact) mass is 307 g/mol. The van der Waals surface area contributed by atoms with Crippen molar-refractivity contribution in [1.29, 1.82) is 0 Å². The summed E-state index contributed by atoms with van der Waals surface area (Å²) in [6, 6.07) is 7.95. The van der Waals surface area contributed by atoms with Crippen molar-refractivity contribution < 1.29 is 4.79 Å². The molecule has 4 nitrogen and oxygen atoms in total. The Morgan fingerprint density at radius 1 is 1.14 bits per heavy atom. The lowest BCUT2D eigenvalue weighted by Crippen LogP contribution is -2.42. The number of hydrogen-bond acceptors (Lipinski definition) is 3. The van der Waals surface area contributed by atoms with E-state index in [1.165, 1.54) is 0 Å². The van der Waals surface area contributed by atoms with Gasteiger partial charge in [-0.2, -0.15) is 0 Å². The predicted octanol–water partition coefficient (Wildman–Crippen LogP) is 2.17. The molecule has 21 heavy (non-hydrogen) atoms. The molecule has 116 valence electrons. The van der Waals surface area contributed by atoms with Gasteiger partial charge in [-0.05, 0) is 39.8 Å². The van der Waals surface area contributed by atoms with Crippen LogP contribution in [0.15, 0.2) is 24.3 Å². The first kappa shape index (κ1) is 17.6. The maximum Gasteiger partial charge on any atom is 0.251 e. The highest BCUT2D eigenvalue weighted by molar-refractivity contribution is 7.80. The Kier molecular flexibility index (Phi) is 6.78. The summed E-state index contributed by atoms with van der Waals surface area (Å²) in [7, 11) is 0. The number of thiocarbonyl (C=S) groups is 1. The van der Waals surface area contributed by atoms with Gasteiger partial charge in [0.25, 0.3) is 5.91 Å². The molecule has 0 unspecified atom stereocenters. The van der Waals surface area contributed by atoms with Crippen LogP contribution in [0.2, 0.25) is 0 Å². The molecule has 0 aliphatic heterocycles. The van der Waals surface area contributed by atoms with Gasteiger partial charge in [0.2, 0.25) is 0 Å². The first-order valence-electron chi connectivity index (χ1n) is 7.26. The van der Waals surface area contributed by atoms with E-state index in [-0.39, 0.29) is 5.91 Å². The third kappa shape index (κ3) is 5.44. The van der Waals surface area contributed by atoms with Crippen molar-refractivity contribution in [2.75, 3.05) is 13.1 Å². The van der Waals surface area contributed by atoms with Gasteiger partial charge in [-0.25, -0.2) is 0 Å². The van der Waals surface area contributed by atoms with Crippen LogP contribution in [-0.2, 0) is 0 Å². The van der Waals surface area contributed by atoms with Crippen LogP contribution < -0.4 is 11.1 Å². The van der Waals surface area contributed by atoms with Crippen LogP contribution in [0.5, 0.6) is 0 Å². The number of amides is 1. The minimum absolute atomic E-state index is 0.0723. The third-order valence-corrected chi connectivity index (χ3v) is 3.65. The van der Waals surface area contributed by atoms with Gasteiger partial charge in [0.1, 0.15) is 4.99 Å². The Morgan fingerprint density at radius 3 is 2.05 bits per heavy atom. The molecule has 0 saturated carbocycles. The highest BCUT2D eigenvalue weighted by atomic mass is 32.1. The highest BCUT2D eigenvalue weighted by Gasteiger charge is 2.13. The molecule has 1 aromatic carbocycles. The van der Waals surface area contributed by atoms with Crippen LogP contribution in [0.3, 0.4) is 0 Å². The van der Waals surface area contributed by atoms with Gasteiger partial charge < -0.3 is 11.1 Å². The molecule has 0 aliphatic rings. The average Bonchev–Trinajstić information content (AvgIpc) is 2.42. The van der Waals surface area contributed by atoms with E-state index in [9.17, 15) is 4.79 Å². The number of benzene rings is 1. The smallest absolute Gasteiger partial charge is 0.251 e. The van der Waals surface area contributed by atoms with Gasteiger partial charge in [-0.15, -0.1) is 0 Å².